The van der Waals surface area contributed by atoms with Crippen LogP contribution in [0.5, 0.6) is 0 Å². The van der Waals surface area contributed by atoms with Gasteiger partial charge in [-0.1, -0.05) is 26.7 Å². The minimum Gasteiger partial charge on any atom is -0.353 e. The lowest BCUT2D eigenvalue weighted by Crippen LogP contribution is -2.38. The first-order valence-corrected chi connectivity index (χ1v) is 9.80. The zero-order valence-electron chi connectivity index (χ0n) is 15.5. The molecule has 0 fully saturated rings. The van der Waals surface area contributed by atoms with Crippen molar-refractivity contribution in [3.8, 4) is 0 Å². The highest BCUT2D eigenvalue weighted by atomic mass is 32.2. The predicted molar refractivity (Wildman–Crippen MR) is 103 cm³/mol. The molecule has 2 N–H and O–H groups in total. The zero-order chi connectivity index (χ0) is 18.8. The third-order valence-electron chi connectivity index (χ3n) is 3.77. The molecular formula is C19H29FN2O2S. The van der Waals surface area contributed by atoms with Crippen molar-refractivity contribution in [1.82, 2.24) is 5.32 Å². The number of carbonyl (C=O) groups is 2. The molecule has 1 aromatic rings. The predicted octanol–water partition coefficient (Wildman–Crippen LogP) is 4.22. The van der Waals surface area contributed by atoms with E-state index in [9.17, 15) is 14.0 Å². The normalized spacial score (nSPS) is 13.4. The van der Waals surface area contributed by atoms with Crippen molar-refractivity contribution < 1.29 is 14.0 Å². The van der Waals surface area contributed by atoms with Gasteiger partial charge < -0.3 is 10.6 Å². The molecule has 0 saturated carbocycles. The van der Waals surface area contributed by atoms with Gasteiger partial charge in [-0.2, -0.15) is 0 Å². The van der Waals surface area contributed by atoms with Crippen LogP contribution in [0.1, 0.15) is 47.0 Å². The Morgan fingerprint density at radius 1 is 1.08 bits per heavy atom. The Balaban J connectivity index is 2.27. The van der Waals surface area contributed by atoms with Crippen LogP contribution in [-0.4, -0.2) is 28.9 Å². The average molecular weight is 369 g/mol. The molecule has 0 bridgehead atoms. The number of nitrogens with one attached hydrogen (secondary N) is 2. The van der Waals surface area contributed by atoms with Crippen molar-refractivity contribution in [2.75, 3.05) is 11.1 Å². The Kier molecular flexibility index (Phi) is 9.57. The highest BCUT2D eigenvalue weighted by Gasteiger charge is 2.17. The van der Waals surface area contributed by atoms with Crippen LogP contribution < -0.4 is 10.6 Å². The molecule has 0 saturated heterocycles. The molecule has 140 valence electrons. The summed E-state index contributed by atoms with van der Waals surface area (Å²) in [6.07, 6.45) is 3.22. The summed E-state index contributed by atoms with van der Waals surface area (Å²) in [5.41, 5.74) is 0.544. The number of benzene rings is 1. The molecule has 1 aromatic carbocycles. The summed E-state index contributed by atoms with van der Waals surface area (Å²) in [4.78, 5) is 24.0. The first kappa shape index (κ1) is 21.5. The van der Waals surface area contributed by atoms with Crippen LogP contribution in [0, 0.1) is 11.7 Å². The van der Waals surface area contributed by atoms with Crippen LogP contribution in [0.3, 0.4) is 0 Å². The number of carbonyl (C=O) groups excluding carboxylic acids is 2. The quantitative estimate of drug-likeness (QED) is 0.650. The molecule has 2 atom stereocenters. The maximum atomic E-state index is 12.8. The molecule has 4 nitrogen and oxygen atoms in total. The summed E-state index contributed by atoms with van der Waals surface area (Å²) >= 11 is 1.29. The van der Waals surface area contributed by atoms with Gasteiger partial charge in [0.15, 0.2) is 0 Å². The van der Waals surface area contributed by atoms with E-state index in [1.54, 1.807) is 6.92 Å². The van der Waals surface area contributed by atoms with Crippen molar-refractivity contribution >= 4 is 29.3 Å². The molecule has 1 rings (SSSR count). The van der Waals surface area contributed by atoms with Gasteiger partial charge in [-0.25, -0.2) is 4.39 Å². The number of amides is 2. The largest absolute Gasteiger partial charge is 0.353 e. The van der Waals surface area contributed by atoms with Gasteiger partial charge in [0.1, 0.15) is 5.82 Å². The molecule has 0 aliphatic carbocycles. The van der Waals surface area contributed by atoms with Crippen LogP contribution in [0.2, 0.25) is 0 Å². The van der Waals surface area contributed by atoms with E-state index in [0.717, 1.165) is 19.3 Å². The number of rotatable bonds is 10. The Morgan fingerprint density at radius 3 is 2.32 bits per heavy atom. The summed E-state index contributed by atoms with van der Waals surface area (Å²) in [7, 11) is 0. The fraction of sp³-hybridized carbons (Fsp3) is 0.579. The molecule has 0 aliphatic heterocycles. The number of thioether (sulfide) groups is 1. The SMILES string of the molecule is CC(C)CCCC(C)NC(=O)C(C)SCC(=O)Nc1ccc(F)cc1. The summed E-state index contributed by atoms with van der Waals surface area (Å²) in [5.74, 6) is 0.253. The van der Waals surface area contributed by atoms with Crippen molar-refractivity contribution in [2.24, 2.45) is 5.92 Å². The fourth-order valence-electron chi connectivity index (χ4n) is 2.27. The smallest absolute Gasteiger partial charge is 0.234 e. The first-order valence-electron chi connectivity index (χ1n) is 8.75. The number of halogens is 1. The van der Waals surface area contributed by atoms with Crippen LogP contribution in [0.4, 0.5) is 10.1 Å². The van der Waals surface area contributed by atoms with E-state index in [1.165, 1.54) is 36.0 Å². The van der Waals surface area contributed by atoms with E-state index in [2.05, 4.69) is 24.5 Å². The van der Waals surface area contributed by atoms with E-state index < -0.39 is 0 Å². The zero-order valence-corrected chi connectivity index (χ0v) is 16.3. The van der Waals surface area contributed by atoms with E-state index >= 15 is 0 Å². The molecule has 0 heterocycles. The second-order valence-electron chi connectivity index (χ2n) is 6.74. The van der Waals surface area contributed by atoms with Crippen molar-refractivity contribution in [1.29, 1.82) is 0 Å². The molecular weight excluding hydrogens is 339 g/mol. The van der Waals surface area contributed by atoms with Crippen molar-refractivity contribution in [3.63, 3.8) is 0 Å². The van der Waals surface area contributed by atoms with Gasteiger partial charge in [-0.05, 0) is 50.5 Å². The fourth-order valence-corrected chi connectivity index (χ4v) is 2.96. The molecule has 0 radical (unpaired) electrons. The molecule has 0 aromatic heterocycles. The topological polar surface area (TPSA) is 58.2 Å². The Hall–Kier alpha value is -1.56. The average Bonchev–Trinajstić information content (AvgIpc) is 2.54. The lowest BCUT2D eigenvalue weighted by Gasteiger charge is -2.17. The first-order chi connectivity index (χ1) is 11.8. The van der Waals surface area contributed by atoms with Gasteiger partial charge in [0, 0.05) is 11.7 Å². The summed E-state index contributed by atoms with van der Waals surface area (Å²) in [6.45, 7) is 8.20. The Bertz CT molecular complexity index is 549. The maximum absolute atomic E-state index is 12.8. The second kappa shape index (κ2) is 11.1. The highest BCUT2D eigenvalue weighted by Crippen LogP contribution is 2.14. The highest BCUT2D eigenvalue weighted by molar-refractivity contribution is 8.01. The number of anilines is 1. The minimum atomic E-state index is -0.347. The van der Waals surface area contributed by atoms with Crippen LogP contribution in [0.25, 0.3) is 0 Å². The molecule has 0 spiro atoms. The molecule has 2 amide bonds. The van der Waals surface area contributed by atoms with Gasteiger partial charge in [0.2, 0.25) is 11.8 Å². The Morgan fingerprint density at radius 2 is 1.72 bits per heavy atom. The van der Waals surface area contributed by atoms with Gasteiger partial charge in [-0.3, -0.25) is 9.59 Å². The monoisotopic (exact) mass is 368 g/mol. The molecule has 0 aliphatic rings. The third-order valence-corrected chi connectivity index (χ3v) is 4.91. The van der Waals surface area contributed by atoms with Gasteiger partial charge in [0.25, 0.3) is 0 Å². The summed E-state index contributed by atoms with van der Waals surface area (Å²) in [6, 6.07) is 5.74. The van der Waals surface area contributed by atoms with E-state index in [0.29, 0.717) is 11.6 Å². The minimum absolute atomic E-state index is 0.0448. The maximum Gasteiger partial charge on any atom is 0.234 e. The van der Waals surface area contributed by atoms with Crippen molar-refractivity contribution in [2.45, 2.75) is 58.2 Å². The summed E-state index contributed by atoms with van der Waals surface area (Å²) < 4.78 is 12.8. The van der Waals surface area contributed by atoms with Gasteiger partial charge in [-0.15, -0.1) is 11.8 Å². The van der Waals surface area contributed by atoms with Gasteiger partial charge in [0.05, 0.1) is 11.0 Å². The third kappa shape index (κ3) is 9.48. The molecule has 2 unspecified atom stereocenters. The van der Waals surface area contributed by atoms with Crippen molar-refractivity contribution in [3.05, 3.63) is 30.1 Å². The van der Waals surface area contributed by atoms with Crippen LogP contribution in [-0.2, 0) is 9.59 Å². The summed E-state index contributed by atoms with van der Waals surface area (Å²) in [5, 5.41) is 5.38. The molecule has 25 heavy (non-hydrogen) atoms. The van der Waals surface area contributed by atoms with E-state index in [1.807, 2.05) is 6.92 Å². The number of hydrogen-bond acceptors (Lipinski definition) is 3. The number of hydrogen-bond donors (Lipinski definition) is 2. The van der Waals surface area contributed by atoms with Gasteiger partial charge >= 0.3 is 0 Å². The molecule has 6 heteroatoms. The second-order valence-corrected chi connectivity index (χ2v) is 8.07. The van der Waals surface area contributed by atoms with E-state index in [4.69, 9.17) is 0 Å². The standard InChI is InChI=1S/C19H29FN2O2S/c1-13(2)6-5-7-14(3)21-19(24)15(4)25-12-18(23)22-17-10-8-16(20)9-11-17/h8-11,13-15H,5-7,12H2,1-4H3,(H,21,24)(H,22,23). The van der Waals surface area contributed by atoms with E-state index in [-0.39, 0.29) is 34.7 Å². The lowest BCUT2D eigenvalue weighted by molar-refractivity contribution is -0.120. The lowest BCUT2D eigenvalue weighted by atomic mass is 10.0. The van der Waals surface area contributed by atoms with Crippen LogP contribution in [0.15, 0.2) is 24.3 Å². The van der Waals surface area contributed by atoms with Crippen LogP contribution >= 0.6 is 11.8 Å². The Labute approximate surface area is 154 Å².